The zero-order chi connectivity index (χ0) is 14.6. The number of esters is 1. The van der Waals surface area contributed by atoms with Crippen molar-refractivity contribution in [2.45, 2.75) is 19.4 Å². The van der Waals surface area contributed by atoms with E-state index in [4.69, 9.17) is 4.74 Å². The summed E-state index contributed by atoms with van der Waals surface area (Å²) in [5, 5.41) is 0. The van der Waals surface area contributed by atoms with Crippen molar-refractivity contribution in [3.8, 4) is 11.5 Å². The Hall–Kier alpha value is -1.44. The summed E-state index contributed by atoms with van der Waals surface area (Å²) < 4.78 is 49.6. The van der Waals surface area contributed by atoms with E-state index >= 15 is 0 Å². The fourth-order valence-corrected chi connectivity index (χ4v) is 1.62. The van der Waals surface area contributed by atoms with Crippen molar-refractivity contribution in [3.05, 3.63) is 22.7 Å². The number of carbonyl (C=O) groups is 1. The standard InChI is InChI=1S/C11H10BrF3O4/c1-6(10(16)17-2)18-7-3-4-9(8(12)5-7)19-11(13,14)15/h3-6H,1-2H3/t6-/m0/s1. The molecule has 0 radical (unpaired) electrons. The summed E-state index contributed by atoms with van der Waals surface area (Å²) in [6, 6.07) is 3.60. The predicted octanol–water partition coefficient (Wildman–Crippen LogP) is 3.29. The van der Waals surface area contributed by atoms with Gasteiger partial charge >= 0.3 is 12.3 Å². The molecule has 1 aromatic carbocycles. The van der Waals surface area contributed by atoms with Crippen LogP contribution in [0.4, 0.5) is 13.2 Å². The van der Waals surface area contributed by atoms with Crippen LogP contribution in [0, 0.1) is 0 Å². The Labute approximate surface area is 115 Å². The van der Waals surface area contributed by atoms with Crippen LogP contribution in [0.15, 0.2) is 22.7 Å². The van der Waals surface area contributed by atoms with Crippen LogP contribution in [0.2, 0.25) is 0 Å². The highest BCUT2D eigenvalue weighted by Gasteiger charge is 2.32. The lowest BCUT2D eigenvalue weighted by Crippen LogP contribution is -2.24. The van der Waals surface area contributed by atoms with Crippen LogP contribution in [0.3, 0.4) is 0 Å². The zero-order valence-corrected chi connectivity index (χ0v) is 11.5. The topological polar surface area (TPSA) is 44.8 Å². The Morgan fingerprint density at radius 3 is 2.47 bits per heavy atom. The molecule has 0 aliphatic heterocycles. The number of halogens is 4. The van der Waals surface area contributed by atoms with E-state index in [1.807, 2.05) is 0 Å². The number of carbonyl (C=O) groups excluding carboxylic acids is 1. The molecule has 1 atom stereocenters. The van der Waals surface area contributed by atoms with Crippen LogP contribution in [-0.4, -0.2) is 25.5 Å². The van der Waals surface area contributed by atoms with Crippen LogP contribution < -0.4 is 9.47 Å². The summed E-state index contributed by atoms with van der Waals surface area (Å²) >= 11 is 2.92. The van der Waals surface area contributed by atoms with Gasteiger partial charge in [-0.1, -0.05) is 0 Å². The molecule has 8 heteroatoms. The average Bonchev–Trinajstić information content (AvgIpc) is 2.30. The molecule has 0 aliphatic rings. The van der Waals surface area contributed by atoms with E-state index in [2.05, 4.69) is 25.4 Å². The molecular formula is C11H10BrF3O4. The molecule has 0 N–H and O–H groups in total. The Bertz CT molecular complexity index is 462. The van der Waals surface area contributed by atoms with Gasteiger partial charge in [0.2, 0.25) is 0 Å². The first kappa shape index (κ1) is 15.6. The van der Waals surface area contributed by atoms with E-state index in [0.29, 0.717) is 0 Å². The van der Waals surface area contributed by atoms with Gasteiger partial charge in [-0.05, 0) is 41.1 Å². The number of methoxy groups -OCH3 is 1. The predicted molar refractivity (Wildman–Crippen MR) is 62.9 cm³/mol. The SMILES string of the molecule is COC(=O)[C@H](C)Oc1ccc(OC(F)(F)F)c(Br)c1. The van der Waals surface area contributed by atoms with Crippen LogP contribution in [0.25, 0.3) is 0 Å². The normalized spacial score (nSPS) is 12.7. The first-order valence-electron chi connectivity index (χ1n) is 5.02. The Kier molecular flexibility index (Phi) is 5.04. The smallest absolute Gasteiger partial charge is 0.479 e. The first-order valence-corrected chi connectivity index (χ1v) is 5.82. The summed E-state index contributed by atoms with van der Waals surface area (Å²) in [6.45, 7) is 1.46. The monoisotopic (exact) mass is 342 g/mol. The van der Waals surface area contributed by atoms with Gasteiger partial charge in [0.25, 0.3) is 0 Å². The highest BCUT2D eigenvalue weighted by molar-refractivity contribution is 9.10. The van der Waals surface area contributed by atoms with Gasteiger partial charge in [0.05, 0.1) is 11.6 Å². The number of alkyl halides is 3. The second kappa shape index (κ2) is 6.14. The molecule has 106 valence electrons. The summed E-state index contributed by atoms with van der Waals surface area (Å²) in [4.78, 5) is 11.1. The molecule has 0 unspecified atom stereocenters. The third-order valence-electron chi connectivity index (χ3n) is 1.98. The Morgan fingerprint density at radius 1 is 1.37 bits per heavy atom. The van der Waals surface area contributed by atoms with Crippen LogP contribution in [0.1, 0.15) is 6.92 Å². The maximum absolute atomic E-state index is 12.0. The lowest BCUT2D eigenvalue weighted by Gasteiger charge is -2.14. The molecule has 0 saturated heterocycles. The first-order chi connectivity index (χ1) is 8.73. The zero-order valence-electron chi connectivity index (χ0n) is 9.95. The van der Waals surface area contributed by atoms with Gasteiger partial charge in [0.1, 0.15) is 11.5 Å². The average molecular weight is 343 g/mol. The molecule has 0 spiro atoms. The van der Waals surface area contributed by atoms with Crippen molar-refractivity contribution in [2.75, 3.05) is 7.11 Å². The third-order valence-corrected chi connectivity index (χ3v) is 2.59. The highest BCUT2D eigenvalue weighted by Crippen LogP contribution is 2.33. The van der Waals surface area contributed by atoms with Crippen molar-refractivity contribution in [3.63, 3.8) is 0 Å². The van der Waals surface area contributed by atoms with Crippen LogP contribution in [-0.2, 0) is 9.53 Å². The molecule has 0 aromatic heterocycles. The van der Waals surface area contributed by atoms with Crippen molar-refractivity contribution in [2.24, 2.45) is 0 Å². The maximum Gasteiger partial charge on any atom is 0.573 e. The summed E-state index contributed by atoms with van der Waals surface area (Å²) in [5.74, 6) is -0.781. The molecule has 0 fully saturated rings. The molecule has 0 saturated carbocycles. The maximum atomic E-state index is 12.0. The van der Waals surface area contributed by atoms with Gasteiger partial charge < -0.3 is 14.2 Å². The largest absolute Gasteiger partial charge is 0.573 e. The van der Waals surface area contributed by atoms with Crippen molar-refractivity contribution in [1.29, 1.82) is 0 Å². The molecule has 0 aliphatic carbocycles. The van der Waals surface area contributed by atoms with Gasteiger partial charge in [-0.2, -0.15) is 0 Å². The Balaban J connectivity index is 2.80. The van der Waals surface area contributed by atoms with Gasteiger partial charge in [-0.3, -0.25) is 0 Å². The molecule has 1 rings (SSSR count). The number of benzene rings is 1. The summed E-state index contributed by atoms with van der Waals surface area (Å²) in [7, 11) is 1.21. The highest BCUT2D eigenvalue weighted by atomic mass is 79.9. The number of rotatable bonds is 4. The van der Waals surface area contributed by atoms with Crippen molar-refractivity contribution < 1.29 is 32.2 Å². The van der Waals surface area contributed by atoms with Gasteiger partial charge in [0, 0.05) is 0 Å². The minimum atomic E-state index is -4.77. The minimum absolute atomic E-state index is 0.0550. The van der Waals surface area contributed by atoms with Crippen molar-refractivity contribution in [1.82, 2.24) is 0 Å². The molecule has 19 heavy (non-hydrogen) atoms. The lowest BCUT2D eigenvalue weighted by atomic mass is 10.3. The molecule has 0 amide bonds. The van der Waals surface area contributed by atoms with E-state index in [9.17, 15) is 18.0 Å². The van der Waals surface area contributed by atoms with Crippen LogP contribution >= 0.6 is 15.9 Å². The lowest BCUT2D eigenvalue weighted by molar-refractivity contribution is -0.274. The van der Waals surface area contributed by atoms with E-state index in [0.717, 1.165) is 6.07 Å². The Morgan fingerprint density at radius 2 is 2.00 bits per heavy atom. The second-order valence-electron chi connectivity index (χ2n) is 3.42. The van der Waals surface area contributed by atoms with Crippen LogP contribution in [0.5, 0.6) is 11.5 Å². The molecule has 1 aromatic rings. The fraction of sp³-hybridized carbons (Fsp3) is 0.364. The number of hydrogen-bond donors (Lipinski definition) is 0. The van der Waals surface area contributed by atoms with Gasteiger partial charge in [-0.25, -0.2) is 4.79 Å². The molecule has 4 nitrogen and oxygen atoms in total. The van der Waals surface area contributed by atoms with E-state index in [-0.39, 0.29) is 10.2 Å². The van der Waals surface area contributed by atoms with E-state index < -0.39 is 24.2 Å². The summed E-state index contributed by atoms with van der Waals surface area (Å²) in [6.07, 6.45) is -5.64. The second-order valence-corrected chi connectivity index (χ2v) is 4.28. The molecule has 0 bridgehead atoms. The van der Waals surface area contributed by atoms with Gasteiger partial charge in [0.15, 0.2) is 6.10 Å². The van der Waals surface area contributed by atoms with Crippen molar-refractivity contribution >= 4 is 21.9 Å². The van der Waals surface area contributed by atoms with E-state index in [1.165, 1.54) is 26.2 Å². The third kappa shape index (κ3) is 4.98. The quantitative estimate of drug-likeness (QED) is 0.787. The number of hydrogen-bond acceptors (Lipinski definition) is 4. The summed E-state index contributed by atoms with van der Waals surface area (Å²) in [5.41, 5.74) is 0. The minimum Gasteiger partial charge on any atom is -0.479 e. The number of ether oxygens (including phenoxy) is 3. The van der Waals surface area contributed by atoms with E-state index in [1.54, 1.807) is 0 Å². The fourth-order valence-electron chi connectivity index (χ4n) is 1.18. The van der Waals surface area contributed by atoms with Gasteiger partial charge in [-0.15, -0.1) is 13.2 Å². The molecular weight excluding hydrogens is 333 g/mol. The molecule has 0 heterocycles.